The highest BCUT2D eigenvalue weighted by atomic mass is 19.1. The number of nitrogens with zero attached hydrogens (tertiary/aromatic N) is 1. The quantitative estimate of drug-likeness (QED) is 0.533. The number of nitrogens with one attached hydrogen (secondary N) is 2. The van der Waals surface area contributed by atoms with E-state index < -0.39 is 0 Å². The van der Waals surface area contributed by atoms with Crippen LogP contribution in [0.3, 0.4) is 0 Å². The topological polar surface area (TPSA) is 65.9 Å². The highest BCUT2D eigenvalue weighted by Crippen LogP contribution is 2.26. The van der Waals surface area contributed by atoms with Gasteiger partial charge in [0, 0.05) is 13.1 Å². The normalized spacial score (nSPS) is 11.2. The zero-order valence-electron chi connectivity index (χ0n) is 14.6. The van der Waals surface area contributed by atoms with Crippen LogP contribution in [0.2, 0.25) is 0 Å². The second kappa shape index (κ2) is 9.52. The van der Waals surface area contributed by atoms with Crippen molar-refractivity contribution in [3.63, 3.8) is 0 Å². The van der Waals surface area contributed by atoms with Crippen molar-refractivity contribution in [3.05, 3.63) is 59.4 Å². The lowest BCUT2D eigenvalue weighted by molar-refractivity contribution is 0.373. The monoisotopic (exact) mass is 345 g/mol. The summed E-state index contributed by atoms with van der Waals surface area (Å²) in [4.78, 5) is 4.48. The van der Waals surface area contributed by atoms with Crippen molar-refractivity contribution in [2.24, 2.45) is 4.99 Å². The van der Waals surface area contributed by atoms with E-state index in [0.29, 0.717) is 36.8 Å². The molecule has 0 amide bonds. The van der Waals surface area contributed by atoms with Crippen LogP contribution in [-0.4, -0.2) is 31.3 Å². The molecule has 0 heterocycles. The molecular formula is C19H24FN3O2. The Labute approximate surface area is 147 Å². The van der Waals surface area contributed by atoms with Crippen LogP contribution < -0.4 is 15.4 Å². The summed E-state index contributed by atoms with van der Waals surface area (Å²) in [6.45, 7) is 3.68. The number of aliphatic imine (C=N–C) groups is 1. The Balaban J connectivity index is 1.93. The van der Waals surface area contributed by atoms with E-state index in [4.69, 9.17) is 4.74 Å². The van der Waals surface area contributed by atoms with Gasteiger partial charge in [0.25, 0.3) is 0 Å². The molecule has 0 saturated heterocycles. The Kier molecular flexibility index (Phi) is 7.07. The number of rotatable bonds is 7. The van der Waals surface area contributed by atoms with Gasteiger partial charge in [0.15, 0.2) is 17.5 Å². The van der Waals surface area contributed by atoms with Gasteiger partial charge in [0.05, 0.1) is 13.7 Å². The van der Waals surface area contributed by atoms with Gasteiger partial charge < -0.3 is 20.5 Å². The molecule has 2 rings (SSSR count). The van der Waals surface area contributed by atoms with Gasteiger partial charge in [-0.1, -0.05) is 24.3 Å². The lowest BCUT2D eigenvalue weighted by Gasteiger charge is -2.12. The first kappa shape index (κ1) is 18.6. The molecule has 0 bridgehead atoms. The van der Waals surface area contributed by atoms with Gasteiger partial charge in [0.2, 0.25) is 0 Å². The van der Waals surface area contributed by atoms with Crippen LogP contribution in [0.1, 0.15) is 18.1 Å². The zero-order chi connectivity index (χ0) is 18.1. The molecule has 3 N–H and O–H groups in total. The summed E-state index contributed by atoms with van der Waals surface area (Å²) in [5, 5.41) is 16.2. The third kappa shape index (κ3) is 5.67. The highest BCUT2D eigenvalue weighted by Gasteiger charge is 2.04. The summed E-state index contributed by atoms with van der Waals surface area (Å²) in [6.07, 6.45) is 0.570. The smallest absolute Gasteiger partial charge is 0.191 e. The predicted molar refractivity (Wildman–Crippen MR) is 97.6 cm³/mol. The molecular weight excluding hydrogens is 321 g/mol. The summed E-state index contributed by atoms with van der Waals surface area (Å²) < 4.78 is 18.7. The molecule has 0 aromatic heterocycles. The summed E-state index contributed by atoms with van der Waals surface area (Å²) >= 11 is 0. The van der Waals surface area contributed by atoms with E-state index in [1.807, 2.05) is 19.1 Å². The van der Waals surface area contributed by atoms with Crippen LogP contribution in [0.25, 0.3) is 0 Å². The summed E-state index contributed by atoms with van der Waals surface area (Å²) in [5.41, 5.74) is 1.54. The maximum absolute atomic E-state index is 13.6. The summed E-state index contributed by atoms with van der Waals surface area (Å²) in [7, 11) is 1.51. The number of guanidine groups is 1. The van der Waals surface area contributed by atoms with Gasteiger partial charge in [-0.2, -0.15) is 0 Å². The number of halogens is 1. The largest absolute Gasteiger partial charge is 0.504 e. The average molecular weight is 345 g/mol. The Hall–Kier alpha value is -2.76. The molecule has 2 aromatic rings. The number of hydrogen-bond donors (Lipinski definition) is 3. The molecule has 0 aliphatic rings. The third-order valence-electron chi connectivity index (χ3n) is 3.65. The fourth-order valence-corrected chi connectivity index (χ4v) is 2.36. The van der Waals surface area contributed by atoms with Crippen LogP contribution in [0.4, 0.5) is 4.39 Å². The van der Waals surface area contributed by atoms with Gasteiger partial charge in [-0.3, -0.25) is 0 Å². The van der Waals surface area contributed by atoms with Gasteiger partial charge in [0.1, 0.15) is 5.82 Å². The molecule has 0 atom stereocenters. The van der Waals surface area contributed by atoms with Crippen LogP contribution >= 0.6 is 0 Å². The van der Waals surface area contributed by atoms with Gasteiger partial charge in [-0.15, -0.1) is 0 Å². The Morgan fingerprint density at radius 3 is 2.68 bits per heavy atom. The average Bonchev–Trinajstić information content (AvgIpc) is 2.61. The van der Waals surface area contributed by atoms with E-state index in [1.165, 1.54) is 13.2 Å². The first-order valence-corrected chi connectivity index (χ1v) is 8.25. The lowest BCUT2D eigenvalue weighted by Crippen LogP contribution is -2.38. The minimum absolute atomic E-state index is 0.0905. The molecule has 5 nitrogen and oxygen atoms in total. The minimum Gasteiger partial charge on any atom is -0.504 e. The van der Waals surface area contributed by atoms with Gasteiger partial charge in [-0.25, -0.2) is 9.38 Å². The zero-order valence-corrected chi connectivity index (χ0v) is 14.6. The predicted octanol–water partition coefficient (Wildman–Crippen LogP) is 2.84. The van der Waals surface area contributed by atoms with Crippen molar-refractivity contribution in [3.8, 4) is 11.5 Å². The van der Waals surface area contributed by atoms with E-state index in [-0.39, 0.29) is 11.6 Å². The number of hydrogen-bond acceptors (Lipinski definition) is 3. The summed E-state index contributed by atoms with van der Waals surface area (Å²) in [6, 6.07) is 11.9. The minimum atomic E-state index is -0.194. The fourth-order valence-electron chi connectivity index (χ4n) is 2.36. The van der Waals surface area contributed by atoms with Crippen LogP contribution in [0.5, 0.6) is 11.5 Å². The maximum Gasteiger partial charge on any atom is 0.191 e. The molecule has 134 valence electrons. The summed E-state index contributed by atoms with van der Waals surface area (Å²) in [5.74, 6) is 0.976. The number of benzene rings is 2. The third-order valence-corrected chi connectivity index (χ3v) is 3.65. The molecule has 0 spiro atoms. The highest BCUT2D eigenvalue weighted by molar-refractivity contribution is 5.79. The number of ether oxygens (including phenoxy) is 1. The Bertz CT molecular complexity index is 720. The second-order valence-corrected chi connectivity index (χ2v) is 5.47. The molecule has 25 heavy (non-hydrogen) atoms. The molecule has 2 aromatic carbocycles. The second-order valence-electron chi connectivity index (χ2n) is 5.47. The van der Waals surface area contributed by atoms with E-state index in [0.717, 1.165) is 12.1 Å². The van der Waals surface area contributed by atoms with Crippen LogP contribution in [0, 0.1) is 5.82 Å². The molecule has 6 heteroatoms. The van der Waals surface area contributed by atoms with Crippen molar-refractivity contribution in [1.82, 2.24) is 10.6 Å². The first-order chi connectivity index (χ1) is 12.1. The number of phenolic OH excluding ortho intramolecular Hbond substituents is 1. The molecule has 0 unspecified atom stereocenters. The van der Waals surface area contributed by atoms with E-state index in [1.54, 1.807) is 24.3 Å². The number of methoxy groups -OCH3 is 1. The fraction of sp³-hybridized carbons (Fsp3) is 0.316. The van der Waals surface area contributed by atoms with Crippen molar-refractivity contribution in [2.45, 2.75) is 19.9 Å². The lowest BCUT2D eigenvalue weighted by atomic mass is 10.1. The van der Waals surface area contributed by atoms with Crippen molar-refractivity contribution in [1.29, 1.82) is 0 Å². The van der Waals surface area contributed by atoms with Crippen molar-refractivity contribution < 1.29 is 14.2 Å². The molecule has 0 aliphatic carbocycles. The van der Waals surface area contributed by atoms with E-state index in [2.05, 4.69) is 15.6 Å². The van der Waals surface area contributed by atoms with Crippen molar-refractivity contribution >= 4 is 5.96 Å². The molecule has 0 aliphatic heterocycles. The van der Waals surface area contributed by atoms with Crippen molar-refractivity contribution in [2.75, 3.05) is 20.2 Å². The molecule has 0 fully saturated rings. The van der Waals surface area contributed by atoms with Crippen LogP contribution in [-0.2, 0) is 13.0 Å². The Morgan fingerprint density at radius 1 is 1.20 bits per heavy atom. The molecule has 0 radical (unpaired) electrons. The Morgan fingerprint density at radius 2 is 2.00 bits per heavy atom. The first-order valence-electron chi connectivity index (χ1n) is 8.25. The number of phenols is 1. The van der Waals surface area contributed by atoms with Gasteiger partial charge >= 0.3 is 0 Å². The molecule has 0 saturated carbocycles. The van der Waals surface area contributed by atoms with E-state index >= 15 is 0 Å². The van der Waals surface area contributed by atoms with E-state index in [9.17, 15) is 9.50 Å². The maximum atomic E-state index is 13.6. The SMILES string of the molecule is CCNC(=NCc1ccc(OC)c(O)c1)NCCc1ccccc1F. The van der Waals surface area contributed by atoms with Gasteiger partial charge in [-0.05, 0) is 42.7 Å². The number of aromatic hydroxyl groups is 1. The van der Waals surface area contributed by atoms with Crippen LogP contribution in [0.15, 0.2) is 47.5 Å². The standard InChI is InChI=1S/C19H24FN3O2/c1-3-21-19(22-11-10-15-6-4-5-7-16(15)20)23-13-14-8-9-18(25-2)17(24)12-14/h4-9,12,24H,3,10-11,13H2,1-2H3,(H2,21,22,23).